The first kappa shape index (κ1) is 10.0. The molecule has 0 radical (unpaired) electrons. The van der Waals surface area contributed by atoms with E-state index in [2.05, 4.69) is 43.1 Å². The molecule has 0 spiro atoms. The van der Waals surface area contributed by atoms with Gasteiger partial charge in [-0.1, -0.05) is 36.4 Å². The van der Waals surface area contributed by atoms with E-state index >= 15 is 0 Å². The van der Waals surface area contributed by atoms with Gasteiger partial charge in [0.25, 0.3) is 0 Å². The normalized spacial score (nSPS) is 12.4. The highest BCUT2D eigenvalue weighted by Crippen LogP contribution is 1.99. The Kier molecular flexibility index (Phi) is 4.27. The van der Waals surface area contributed by atoms with Crippen LogP contribution in [0, 0.1) is 0 Å². The molecule has 1 atom stereocenters. The Morgan fingerprint density at radius 3 is 2.69 bits per heavy atom. The largest absolute Gasteiger partial charge is 0.310 e. The van der Waals surface area contributed by atoms with Crippen molar-refractivity contribution in [2.75, 3.05) is 0 Å². The van der Waals surface area contributed by atoms with Crippen molar-refractivity contribution in [3.8, 4) is 0 Å². The van der Waals surface area contributed by atoms with E-state index in [9.17, 15) is 0 Å². The van der Waals surface area contributed by atoms with Gasteiger partial charge in [-0.15, -0.1) is 6.58 Å². The Morgan fingerprint density at radius 2 is 2.08 bits per heavy atom. The number of hydrogen-bond acceptors (Lipinski definition) is 1. The predicted octanol–water partition coefficient (Wildman–Crippen LogP) is 2.74. The van der Waals surface area contributed by atoms with Gasteiger partial charge < -0.3 is 5.32 Å². The lowest BCUT2D eigenvalue weighted by Gasteiger charge is -2.10. The predicted molar refractivity (Wildman–Crippen MR) is 57.6 cm³/mol. The highest BCUT2D eigenvalue weighted by molar-refractivity contribution is 5.14. The molecule has 0 aliphatic rings. The molecule has 0 aliphatic carbocycles. The maximum Gasteiger partial charge on any atom is 0.0208 e. The third-order valence-corrected chi connectivity index (χ3v) is 2.02. The Hall–Kier alpha value is -1.08. The summed E-state index contributed by atoms with van der Waals surface area (Å²) in [7, 11) is 0. The molecular formula is C12H17N. The van der Waals surface area contributed by atoms with Crippen molar-refractivity contribution in [2.24, 2.45) is 0 Å². The van der Waals surface area contributed by atoms with Gasteiger partial charge in [0.1, 0.15) is 0 Å². The summed E-state index contributed by atoms with van der Waals surface area (Å²) in [6, 6.07) is 10.9. The first-order valence-electron chi connectivity index (χ1n) is 4.71. The molecule has 0 aromatic heterocycles. The molecule has 70 valence electrons. The topological polar surface area (TPSA) is 12.0 Å². The second-order valence-electron chi connectivity index (χ2n) is 3.29. The van der Waals surface area contributed by atoms with Crippen LogP contribution in [0.3, 0.4) is 0 Å². The molecule has 0 saturated carbocycles. The summed E-state index contributed by atoms with van der Waals surface area (Å²) in [6.07, 6.45) is 2.97. The summed E-state index contributed by atoms with van der Waals surface area (Å²) in [5.41, 5.74) is 1.33. The van der Waals surface area contributed by atoms with Crippen LogP contribution in [-0.4, -0.2) is 6.04 Å². The van der Waals surface area contributed by atoms with Gasteiger partial charge >= 0.3 is 0 Å². The van der Waals surface area contributed by atoms with E-state index in [0.29, 0.717) is 6.04 Å². The summed E-state index contributed by atoms with van der Waals surface area (Å²) in [4.78, 5) is 0. The summed E-state index contributed by atoms with van der Waals surface area (Å²) in [6.45, 7) is 6.83. The molecule has 1 unspecified atom stereocenters. The molecule has 0 fully saturated rings. The van der Waals surface area contributed by atoms with E-state index in [0.717, 1.165) is 13.0 Å². The lowest BCUT2D eigenvalue weighted by molar-refractivity contribution is 0.554. The third kappa shape index (κ3) is 3.90. The number of rotatable bonds is 5. The molecule has 1 rings (SSSR count). The van der Waals surface area contributed by atoms with Gasteiger partial charge in [0.2, 0.25) is 0 Å². The fraction of sp³-hybridized carbons (Fsp3) is 0.333. The zero-order chi connectivity index (χ0) is 9.52. The molecule has 0 heterocycles. The molecule has 1 aromatic rings. The van der Waals surface area contributed by atoms with Crippen molar-refractivity contribution < 1.29 is 0 Å². The molecule has 13 heavy (non-hydrogen) atoms. The molecular weight excluding hydrogens is 158 g/mol. The molecule has 0 saturated heterocycles. The number of benzene rings is 1. The standard InChI is InChI=1S/C12H17N/c1-3-7-11(2)13-10-12-8-5-4-6-9-12/h3-6,8-9,11,13H,1,7,10H2,2H3. The molecule has 0 bridgehead atoms. The monoisotopic (exact) mass is 175 g/mol. The summed E-state index contributed by atoms with van der Waals surface area (Å²) >= 11 is 0. The fourth-order valence-electron chi connectivity index (χ4n) is 1.22. The van der Waals surface area contributed by atoms with Crippen molar-refractivity contribution in [3.05, 3.63) is 48.6 Å². The van der Waals surface area contributed by atoms with Crippen molar-refractivity contribution in [3.63, 3.8) is 0 Å². The molecule has 0 aliphatic heterocycles. The molecule has 0 amide bonds. The van der Waals surface area contributed by atoms with Crippen LogP contribution in [0.4, 0.5) is 0 Å². The van der Waals surface area contributed by atoms with Crippen LogP contribution in [0.15, 0.2) is 43.0 Å². The Balaban J connectivity index is 2.30. The fourth-order valence-corrected chi connectivity index (χ4v) is 1.22. The first-order chi connectivity index (χ1) is 6.33. The number of hydrogen-bond donors (Lipinski definition) is 1. The number of nitrogens with one attached hydrogen (secondary N) is 1. The van der Waals surface area contributed by atoms with Crippen LogP contribution in [0.2, 0.25) is 0 Å². The van der Waals surface area contributed by atoms with Gasteiger partial charge in [-0.3, -0.25) is 0 Å². The van der Waals surface area contributed by atoms with Crippen LogP contribution >= 0.6 is 0 Å². The van der Waals surface area contributed by atoms with Gasteiger partial charge in [-0.2, -0.15) is 0 Å². The summed E-state index contributed by atoms with van der Waals surface area (Å²) in [5, 5.41) is 3.43. The van der Waals surface area contributed by atoms with E-state index in [1.165, 1.54) is 5.56 Å². The van der Waals surface area contributed by atoms with Gasteiger partial charge in [0.05, 0.1) is 0 Å². The zero-order valence-electron chi connectivity index (χ0n) is 8.16. The van der Waals surface area contributed by atoms with Crippen molar-refractivity contribution in [1.82, 2.24) is 5.32 Å². The van der Waals surface area contributed by atoms with E-state index in [-0.39, 0.29) is 0 Å². The minimum Gasteiger partial charge on any atom is -0.310 e. The van der Waals surface area contributed by atoms with Gasteiger partial charge in [0.15, 0.2) is 0 Å². The van der Waals surface area contributed by atoms with Crippen molar-refractivity contribution in [2.45, 2.75) is 25.9 Å². The second kappa shape index (κ2) is 5.55. The maximum atomic E-state index is 3.72. The van der Waals surface area contributed by atoms with Gasteiger partial charge in [-0.05, 0) is 18.9 Å². The zero-order valence-corrected chi connectivity index (χ0v) is 8.16. The van der Waals surface area contributed by atoms with Crippen LogP contribution in [0.1, 0.15) is 18.9 Å². The second-order valence-corrected chi connectivity index (χ2v) is 3.29. The Morgan fingerprint density at radius 1 is 1.38 bits per heavy atom. The van der Waals surface area contributed by atoms with Crippen LogP contribution in [0.25, 0.3) is 0 Å². The summed E-state index contributed by atoms with van der Waals surface area (Å²) < 4.78 is 0. The molecule has 1 N–H and O–H groups in total. The maximum absolute atomic E-state index is 3.72. The SMILES string of the molecule is C=CCC(C)NCc1ccccc1. The first-order valence-corrected chi connectivity index (χ1v) is 4.71. The lowest BCUT2D eigenvalue weighted by atomic mass is 10.2. The molecule has 1 aromatic carbocycles. The average molecular weight is 175 g/mol. The van der Waals surface area contributed by atoms with Crippen LogP contribution in [-0.2, 0) is 6.54 Å². The Bertz CT molecular complexity index is 241. The van der Waals surface area contributed by atoms with Crippen molar-refractivity contribution in [1.29, 1.82) is 0 Å². The lowest BCUT2D eigenvalue weighted by Crippen LogP contribution is -2.24. The minimum atomic E-state index is 0.512. The van der Waals surface area contributed by atoms with E-state index in [4.69, 9.17) is 0 Å². The van der Waals surface area contributed by atoms with E-state index in [1.807, 2.05) is 12.1 Å². The smallest absolute Gasteiger partial charge is 0.0208 e. The highest BCUT2D eigenvalue weighted by atomic mass is 14.9. The average Bonchev–Trinajstić information content (AvgIpc) is 2.17. The van der Waals surface area contributed by atoms with Gasteiger partial charge in [0, 0.05) is 12.6 Å². The van der Waals surface area contributed by atoms with Crippen LogP contribution in [0.5, 0.6) is 0 Å². The third-order valence-electron chi connectivity index (χ3n) is 2.02. The van der Waals surface area contributed by atoms with Crippen LogP contribution < -0.4 is 5.32 Å². The van der Waals surface area contributed by atoms with E-state index in [1.54, 1.807) is 0 Å². The highest BCUT2D eigenvalue weighted by Gasteiger charge is 1.97. The summed E-state index contributed by atoms with van der Waals surface area (Å²) in [5.74, 6) is 0. The van der Waals surface area contributed by atoms with Crippen molar-refractivity contribution >= 4 is 0 Å². The molecule has 1 heteroatoms. The van der Waals surface area contributed by atoms with E-state index < -0.39 is 0 Å². The molecule has 1 nitrogen and oxygen atoms in total. The Labute approximate surface area is 80.5 Å². The quantitative estimate of drug-likeness (QED) is 0.678. The van der Waals surface area contributed by atoms with Gasteiger partial charge in [-0.25, -0.2) is 0 Å². The minimum absolute atomic E-state index is 0.512.